The van der Waals surface area contributed by atoms with Crippen LogP contribution in [0, 0.1) is 5.92 Å². The Hall–Kier alpha value is -3.67. The quantitative estimate of drug-likeness (QED) is 0.202. The van der Waals surface area contributed by atoms with E-state index >= 15 is 0 Å². The van der Waals surface area contributed by atoms with Gasteiger partial charge in [0.2, 0.25) is 23.6 Å². The van der Waals surface area contributed by atoms with Crippen LogP contribution in [0.2, 0.25) is 0 Å². The zero-order valence-corrected chi connectivity index (χ0v) is 21.2. The molecule has 1 heterocycles. The van der Waals surface area contributed by atoms with Crippen LogP contribution in [-0.2, 0) is 30.4 Å². The van der Waals surface area contributed by atoms with Gasteiger partial charge in [0.25, 0.3) is 0 Å². The molecule has 1 aliphatic rings. The number of carboxylic acids is 1. The molecule has 12 heteroatoms. The van der Waals surface area contributed by atoms with E-state index in [1.54, 1.807) is 12.1 Å². The molecule has 1 aromatic rings. The van der Waals surface area contributed by atoms with Crippen LogP contribution < -0.4 is 22.1 Å². The Morgan fingerprint density at radius 3 is 2.24 bits per heavy atom. The van der Waals surface area contributed by atoms with E-state index in [-0.39, 0.29) is 43.9 Å². The van der Waals surface area contributed by atoms with Crippen molar-refractivity contribution in [2.45, 2.75) is 76.5 Å². The average Bonchev–Trinajstić information content (AvgIpc) is 3.32. The number of benzene rings is 1. The molecule has 0 saturated carbocycles. The van der Waals surface area contributed by atoms with Crippen LogP contribution in [-0.4, -0.2) is 75.4 Å². The molecule has 0 spiro atoms. The van der Waals surface area contributed by atoms with Gasteiger partial charge in [-0.2, -0.15) is 0 Å². The first-order valence-corrected chi connectivity index (χ1v) is 12.3. The van der Waals surface area contributed by atoms with Gasteiger partial charge < -0.3 is 37.2 Å². The largest absolute Gasteiger partial charge is 0.508 e. The lowest BCUT2D eigenvalue weighted by atomic mass is 10.00. The van der Waals surface area contributed by atoms with Gasteiger partial charge in [0, 0.05) is 19.4 Å². The first kappa shape index (κ1) is 29.6. The van der Waals surface area contributed by atoms with Gasteiger partial charge in [-0.05, 0) is 49.3 Å². The molecule has 12 nitrogen and oxygen atoms in total. The van der Waals surface area contributed by atoms with Crippen LogP contribution in [0.3, 0.4) is 0 Å². The second kappa shape index (κ2) is 13.6. The van der Waals surface area contributed by atoms with Crippen molar-refractivity contribution in [3.8, 4) is 5.75 Å². The van der Waals surface area contributed by atoms with E-state index in [2.05, 4.69) is 10.6 Å². The predicted molar refractivity (Wildman–Crippen MR) is 134 cm³/mol. The number of carbonyl (C=O) groups is 5. The molecule has 1 aliphatic heterocycles. The van der Waals surface area contributed by atoms with Crippen molar-refractivity contribution in [1.82, 2.24) is 15.5 Å². The number of hydrogen-bond acceptors (Lipinski definition) is 7. The van der Waals surface area contributed by atoms with Crippen LogP contribution in [0.4, 0.5) is 0 Å². The van der Waals surface area contributed by atoms with E-state index in [0.29, 0.717) is 18.4 Å². The maximum Gasteiger partial charge on any atom is 0.326 e. The molecule has 1 fully saturated rings. The van der Waals surface area contributed by atoms with E-state index < -0.39 is 53.8 Å². The maximum absolute atomic E-state index is 13.4. The Bertz CT molecular complexity index is 982. The predicted octanol–water partition coefficient (Wildman–Crippen LogP) is -0.381. The third-order valence-corrected chi connectivity index (χ3v) is 6.19. The lowest BCUT2D eigenvalue weighted by molar-refractivity contribution is -0.149. The molecule has 4 unspecified atom stereocenters. The smallest absolute Gasteiger partial charge is 0.326 e. The SMILES string of the molecule is CC(C)CC(NC(=O)C(N)CCC(N)=O)C(=O)NC(Cc1ccc(O)cc1)C(=O)N1CCCC1C(=O)O. The Morgan fingerprint density at radius 2 is 1.68 bits per heavy atom. The molecule has 1 saturated heterocycles. The van der Waals surface area contributed by atoms with E-state index in [9.17, 15) is 34.2 Å². The van der Waals surface area contributed by atoms with Gasteiger partial charge in [0.15, 0.2) is 0 Å². The summed E-state index contributed by atoms with van der Waals surface area (Å²) >= 11 is 0. The number of likely N-dealkylation sites (tertiary alicyclic amines) is 1. The van der Waals surface area contributed by atoms with Crippen molar-refractivity contribution < 1.29 is 34.2 Å². The van der Waals surface area contributed by atoms with Crippen molar-refractivity contribution in [3.63, 3.8) is 0 Å². The number of nitrogens with two attached hydrogens (primary N) is 2. The summed E-state index contributed by atoms with van der Waals surface area (Å²) in [5.74, 6) is -3.47. The van der Waals surface area contributed by atoms with Crippen LogP contribution >= 0.6 is 0 Å². The first-order valence-electron chi connectivity index (χ1n) is 12.3. The summed E-state index contributed by atoms with van der Waals surface area (Å²) in [6.45, 7) is 3.97. The lowest BCUT2D eigenvalue weighted by Crippen LogP contribution is -2.58. The Morgan fingerprint density at radius 1 is 1.05 bits per heavy atom. The summed E-state index contributed by atoms with van der Waals surface area (Å²) in [5.41, 5.74) is 11.6. The molecule has 2 rings (SSSR count). The molecule has 1 aromatic carbocycles. The van der Waals surface area contributed by atoms with Crippen molar-refractivity contribution in [2.24, 2.45) is 17.4 Å². The van der Waals surface area contributed by atoms with Crippen LogP contribution in [0.1, 0.15) is 51.5 Å². The summed E-state index contributed by atoms with van der Waals surface area (Å²) < 4.78 is 0. The molecule has 8 N–H and O–H groups in total. The minimum Gasteiger partial charge on any atom is -0.508 e. The second-order valence-corrected chi connectivity index (χ2v) is 9.76. The molecule has 0 aromatic heterocycles. The summed E-state index contributed by atoms with van der Waals surface area (Å²) in [4.78, 5) is 63.3. The number of rotatable bonds is 13. The number of nitrogens with zero attached hydrogens (tertiary/aromatic N) is 1. The number of aliphatic carboxylic acids is 1. The molecule has 4 atom stereocenters. The molecule has 37 heavy (non-hydrogen) atoms. The molecule has 0 radical (unpaired) electrons. The number of hydrogen-bond donors (Lipinski definition) is 6. The highest BCUT2D eigenvalue weighted by atomic mass is 16.4. The fourth-order valence-electron chi connectivity index (χ4n) is 4.24. The third kappa shape index (κ3) is 9.05. The van der Waals surface area contributed by atoms with Gasteiger partial charge in [-0.15, -0.1) is 0 Å². The lowest BCUT2D eigenvalue weighted by Gasteiger charge is -2.29. The summed E-state index contributed by atoms with van der Waals surface area (Å²) in [6.07, 6.45) is 1.08. The minimum absolute atomic E-state index is 0.000818. The van der Waals surface area contributed by atoms with Crippen molar-refractivity contribution in [2.75, 3.05) is 6.54 Å². The highest BCUT2D eigenvalue weighted by Gasteiger charge is 2.38. The normalized spacial score (nSPS) is 17.6. The highest BCUT2D eigenvalue weighted by Crippen LogP contribution is 2.20. The molecule has 0 bridgehead atoms. The van der Waals surface area contributed by atoms with Crippen molar-refractivity contribution >= 4 is 29.6 Å². The van der Waals surface area contributed by atoms with Gasteiger partial charge in [-0.3, -0.25) is 19.2 Å². The Balaban J connectivity index is 2.24. The zero-order chi connectivity index (χ0) is 27.7. The number of amides is 4. The third-order valence-electron chi connectivity index (χ3n) is 6.19. The number of aromatic hydroxyl groups is 1. The van der Waals surface area contributed by atoms with E-state index in [4.69, 9.17) is 11.5 Å². The number of phenols is 1. The topological polar surface area (TPSA) is 205 Å². The van der Waals surface area contributed by atoms with Crippen LogP contribution in [0.15, 0.2) is 24.3 Å². The van der Waals surface area contributed by atoms with E-state index in [0.717, 1.165) is 0 Å². The van der Waals surface area contributed by atoms with Crippen molar-refractivity contribution in [1.29, 1.82) is 0 Å². The van der Waals surface area contributed by atoms with Gasteiger partial charge >= 0.3 is 5.97 Å². The van der Waals surface area contributed by atoms with E-state index in [1.807, 2.05) is 13.8 Å². The van der Waals surface area contributed by atoms with Gasteiger partial charge in [0.1, 0.15) is 23.9 Å². The summed E-state index contributed by atoms with van der Waals surface area (Å²) in [6, 6.07) is 1.94. The van der Waals surface area contributed by atoms with Crippen molar-refractivity contribution in [3.05, 3.63) is 29.8 Å². The van der Waals surface area contributed by atoms with Gasteiger partial charge in [-0.25, -0.2) is 4.79 Å². The van der Waals surface area contributed by atoms with E-state index in [1.165, 1.54) is 17.0 Å². The maximum atomic E-state index is 13.4. The number of nitrogens with one attached hydrogen (secondary N) is 2. The number of primary amides is 1. The standard InChI is InChI=1S/C25H37N5O7/c1-14(2)12-18(28-22(33)17(26)9-10-21(27)32)23(34)29-19(13-15-5-7-16(31)8-6-15)24(35)30-11-3-4-20(30)25(36)37/h5-8,14,17-20,31H,3-4,9-13,26H2,1-2H3,(H2,27,32)(H,28,33)(H,29,34)(H,36,37). The molecule has 0 aliphatic carbocycles. The minimum atomic E-state index is -1.12. The number of carboxylic acid groups (broad SMARTS) is 1. The number of carbonyl (C=O) groups excluding carboxylic acids is 4. The summed E-state index contributed by atoms with van der Waals surface area (Å²) in [5, 5.41) is 24.4. The fraction of sp³-hybridized carbons (Fsp3) is 0.560. The monoisotopic (exact) mass is 519 g/mol. The van der Waals surface area contributed by atoms with Gasteiger partial charge in [-0.1, -0.05) is 26.0 Å². The average molecular weight is 520 g/mol. The second-order valence-electron chi connectivity index (χ2n) is 9.76. The Labute approximate surface area is 215 Å². The van der Waals surface area contributed by atoms with Crippen LogP contribution in [0.5, 0.6) is 5.75 Å². The molecule has 204 valence electrons. The highest BCUT2D eigenvalue weighted by molar-refractivity contribution is 5.94. The molecule has 4 amide bonds. The molecular weight excluding hydrogens is 482 g/mol. The number of phenolic OH excluding ortho intramolecular Hbond substituents is 1. The van der Waals surface area contributed by atoms with Crippen LogP contribution in [0.25, 0.3) is 0 Å². The zero-order valence-electron chi connectivity index (χ0n) is 21.2. The Kier molecular flexibility index (Phi) is 10.9. The van der Waals surface area contributed by atoms with Gasteiger partial charge in [0.05, 0.1) is 6.04 Å². The summed E-state index contributed by atoms with van der Waals surface area (Å²) in [7, 11) is 0. The molecular formula is C25H37N5O7. The first-order chi connectivity index (χ1) is 17.4. The fourth-order valence-corrected chi connectivity index (χ4v) is 4.24.